The van der Waals surface area contributed by atoms with Crippen molar-refractivity contribution in [1.29, 1.82) is 0 Å². The second-order valence-electron chi connectivity index (χ2n) is 4.96. The van der Waals surface area contributed by atoms with Gasteiger partial charge in [-0.1, -0.05) is 20.8 Å². The summed E-state index contributed by atoms with van der Waals surface area (Å²) in [6.07, 6.45) is 3.37. The third-order valence-corrected chi connectivity index (χ3v) is 5.09. The summed E-state index contributed by atoms with van der Waals surface area (Å²) in [5.74, 6) is 0. The lowest BCUT2D eigenvalue weighted by molar-refractivity contribution is 0.410. The molecule has 20 heavy (non-hydrogen) atoms. The topological polar surface area (TPSA) is 54.3 Å². The molecule has 5 nitrogen and oxygen atoms in total. The molecule has 0 aromatic carbocycles. The first-order valence-electron chi connectivity index (χ1n) is 7.33. The van der Waals surface area contributed by atoms with E-state index in [9.17, 15) is 8.42 Å². The lowest BCUT2D eigenvalue weighted by atomic mass is 10.4. The molecular weight excluding hydrogens is 274 g/mol. The molecule has 0 saturated heterocycles. The van der Waals surface area contributed by atoms with Crippen LogP contribution in [0.25, 0.3) is 0 Å². The van der Waals surface area contributed by atoms with Crippen molar-refractivity contribution in [3.8, 4) is 0 Å². The van der Waals surface area contributed by atoms with Crippen molar-refractivity contribution < 1.29 is 8.42 Å². The van der Waals surface area contributed by atoms with Crippen molar-refractivity contribution in [2.24, 2.45) is 7.05 Å². The first kappa shape index (κ1) is 17.2. The van der Waals surface area contributed by atoms with Gasteiger partial charge < -0.3 is 9.88 Å². The van der Waals surface area contributed by atoms with E-state index in [1.54, 1.807) is 16.6 Å². The van der Waals surface area contributed by atoms with Crippen LogP contribution < -0.4 is 5.32 Å². The molecule has 1 aromatic rings. The molecule has 116 valence electrons. The highest BCUT2D eigenvalue weighted by atomic mass is 32.2. The van der Waals surface area contributed by atoms with Crippen LogP contribution in [0.15, 0.2) is 17.2 Å². The summed E-state index contributed by atoms with van der Waals surface area (Å²) in [7, 11) is -1.48. The maximum Gasteiger partial charge on any atom is 0.244 e. The average molecular weight is 301 g/mol. The molecule has 0 fully saturated rings. The van der Waals surface area contributed by atoms with Gasteiger partial charge in [-0.2, -0.15) is 4.31 Å². The molecule has 1 aromatic heterocycles. The number of sulfonamides is 1. The summed E-state index contributed by atoms with van der Waals surface area (Å²) in [5.41, 5.74) is 0.985. The van der Waals surface area contributed by atoms with Gasteiger partial charge in [-0.05, 0) is 25.5 Å². The van der Waals surface area contributed by atoms with Crippen molar-refractivity contribution in [1.82, 2.24) is 14.2 Å². The minimum absolute atomic E-state index is 0.398. The molecule has 0 aliphatic carbocycles. The quantitative estimate of drug-likeness (QED) is 0.758. The second-order valence-corrected chi connectivity index (χ2v) is 6.90. The van der Waals surface area contributed by atoms with Crippen molar-refractivity contribution in [2.75, 3.05) is 19.6 Å². The molecule has 6 heteroatoms. The average Bonchev–Trinajstić information content (AvgIpc) is 2.78. The number of hydrogen-bond acceptors (Lipinski definition) is 3. The first-order valence-corrected chi connectivity index (χ1v) is 8.77. The number of rotatable bonds is 9. The van der Waals surface area contributed by atoms with E-state index >= 15 is 0 Å². The SMILES string of the molecule is CCCN(CCC)S(=O)(=O)c1cc(CNCC)n(C)c1. The molecule has 1 N–H and O–H groups in total. The van der Waals surface area contributed by atoms with Crippen LogP contribution >= 0.6 is 0 Å². The maximum absolute atomic E-state index is 12.6. The zero-order chi connectivity index (χ0) is 15.2. The molecule has 0 atom stereocenters. The Morgan fingerprint density at radius 1 is 1.20 bits per heavy atom. The summed E-state index contributed by atoms with van der Waals surface area (Å²) in [5, 5.41) is 3.22. The predicted octanol–water partition coefficient (Wildman–Crippen LogP) is 1.95. The highest BCUT2D eigenvalue weighted by molar-refractivity contribution is 7.89. The van der Waals surface area contributed by atoms with E-state index in [2.05, 4.69) is 5.32 Å². The Labute approximate surface area is 123 Å². The predicted molar refractivity (Wildman–Crippen MR) is 82.1 cm³/mol. The van der Waals surface area contributed by atoms with Gasteiger partial charge in [-0.3, -0.25) is 0 Å². The third-order valence-electron chi connectivity index (χ3n) is 3.22. The molecule has 0 amide bonds. The Bertz CT molecular complexity index is 502. The van der Waals surface area contributed by atoms with Gasteiger partial charge in [0, 0.05) is 38.6 Å². The monoisotopic (exact) mass is 301 g/mol. The first-order chi connectivity index (χ1) is 9.47. The molecule has 0 saturated carbocycles. The van der Waals surface area contributed by atoms with E-state index in [0.717, 1.165) is 25.1 Å². The highest BCUT2D eigenvalue weighted by Gasteiger charge is 2.24. The molecule has 0 spiro atoms. The minimum Gasteiger partial charge on any atom is -0.352 e. The Kier molecular flexibility index (Phi) is 6.71. The fourth-order valence-corrected chi connectivity index (χ4v) is 3.87. The molecular formula is C14H27N3O2S. The largest absolute Gasteiger partial charge is 0.352 e. The van der Waals surface area contributed by atoms with Crippen LogP contribution in [0, 0.1) is 0 Å². The minimum atomic E-state index is -3.37. The van der Waals surface area contributed by atoms with Crippen molar-refractivity contribution in [2.45, 2.75) is 45.1 Å². The lowest BCUT2D eigenvalue weighted by Gasteiger charge is -2.20. The third kappa shape index (κ3) is 4.07. The van der Waals surface area contributed by atoms with E-state index in [1.807, 2.05) is 32.4 Å². The lowest BCUT2D eigenvalue weighted by Crippen LogP contribution is -2.32. The number of aromatic nitrogens is 1. The van der Waals surface area contributed by atoms with E-state index in [4.69, 9.17) is 0 Å². The van der Waals surface area contributed by atoms with E-state index < -0.39 is 10.0 Å². The number of aryl methyl sites for hydroxylation is 1. The van der Waals surface area contributed by atoms with Crippen LogP contribution in [0.2, 0.25) is 0 Å². The Morgan fingerprint density at radius 2 is 1.80 bits per heavy atom. The van der Waals surface area contributed by atoms with Crippen LogP contribution in [-0.2, 0) is 23.6 Å². The van der Waals surface area contributed by atoms with Crippen LogP contribution in [0.1, 0.15) is 39.3 Å². The zero-order valence-corrected chi connectivity index (χ0v) is 13.8. The highest BCUT2D eigenvalue weighted by Crippen LogP contribution is 2.19. The van der Waals surface area contributed by atoms with Gasteiger partial charge in [0.2, 0.25) is 10.0 Å². The number of hydrogen-bond donors (Lipinski definition) is 1. The molecule has 1 rings (SSSR count). The second kappa shape index (κ2) is 7.81. The van der Waals surface area contributed by atoms with Crippen LogP contribution in [0.5, 0.6) is 0 Å². The van der Waals surface area contributed by atoms with Gasteiger partial charge in [0.05, 0.1) is 0 Å². The molecule has 0 aliphatic rings. The molecule has 0 radical (unpaired) electrons. The van der Waals surface area contributed by atoms with Crippen LogP contribution in [-0.4, -0.2) is 36.9 Å². The molecule has 1 heterocycles. The standard InChI is InChI=1S/C14H27N3O2S/c1-5-8-17(9-6-2)20(18,19)14-10-13(11-15-7-3)16(4)12-14/h10,12,15H,5-9,11H2,1-4H3. The summed E-state index contributed by atoms with van der Waals surface area (Å²) < 4.78 is 28.8. The van der Waals surface area contributed by atoms with Gasteiger partial charge in [0.15, 0.2) is 0 Å². The molecule has 0 aliphatic heterocycles. The number of nitrogens with one attached hydrogen (secondary N) is 1. The van der Waals surface area contributed by atoms with Crippen LogP contribution in [0.3, 0.4) is 0 Å². The van der Waals surface area contributed by atoms with Crippen molar-refractivity contribution in [3.63, 3.8) is 0 Å². The van der Waals surface area contributed by atoms with Crippen molar-refractivity contribution >= 4 is 10.0 Å². The van der Waals surface area contributed by atoms with E-state index in [-0.39, 0.29) is 0 Å². The maximum atomic E-state index is 12.6. The summed E-state index contributed by atoms with van der Waals surface area (Å²) >= 11 is 0. The van der Waals surface area contributed by atoms with Gasteiger partial charge >= 0.3 is 0 Å². The summed E-state index contributed by atoms with van der Waals surface area (Å²) in [6, 6.07) is 1.77. The van der Waals surface area contributed by atoms with E-state index in [1.165, 1.54) is 0 Å². The van der Waals surface area contributed by atoms with E-state index in [0.29, 0.717) is 24.5 Å². The van der Waals surface area contributed by atoms with Crippen LogP contribution in [0.4, 0.5) is 0 Å². The summed E-state index contributed by atoms with van der Waals surface area (Å²) in [4.78, 5) is 0.398. The smallest absolute Gasteiger partial charge is 0.244 e. The zero-order valence-electron chi connectivity index (χ0n) is 13.0. The van der Waals surface area contributed by atoms with Gasteiger partial charge in [-0.15, -0.1) is 0 Å². The van der Waals surface area contributed by atoms with Crippen molar-refractivity contribution in [3.05, 3.63) is 18.0 Å². The Morgan fingerprint density at radius 3 is 2.30 bits per heavy atom. The van der Waals surface area contributed by atoms with Gasteiger partial charge in [0.25, 0.3) is 0 Å². The van der Waals surface area contributed by atoms with Gasteiger partial charge in [0.1, 0.15) is 4.90 Å². The fourth-order valence-electron chi connectivity index (χ4n) is 2.15. The Hall–Kier alpha value is -0.850. The normalized spacial score (nSPS) is 12.2. The van der Waals surface area contributed by atoms with Gasteiger partial charge in [-0.25, -0.2) is 8.42 Å². The molecule has 0 unspecified atom stereocenters. The molecule has 0 bridgehead atoms. The number of nitrogens with zero attached hydrogens (tertiary/aromatic N) is 2. The Balaban J connectivity index is 3.01. The fraction of sp³-hybridized carbons (Fsp3) is 0.714. The summed E-state index contributed by atoms with van der Waals surface area (Å²) in [6.45, 7) is 8.74.